The van der Waals surface area contributed by atoms with Gasteiger partial charge in [-0.15, -0.1) is 0 Å². The Morgan fingerprint density at radius 3 is 2.50 bits per heavy atom. The Bertz CT molecular complexity index is 360. The van der Waals surface area contributed by atoms with Gasteiger partial charge in [0.05, 0.1) is 33.5 Å². The lowest BCUT2D eigenvalue weighted by Crippen LogP contribution is -2.24. The molecule has 3 nitrogen and oxygen atoms in total. The number of hydrogen-bond donors (Lipinski definition) is 2. The van der Waals surface area contributed by atoms with Gasteiger partial charge in [0.2, 0.25) is 0 Å². The molecule has 0 aliphatic carbocycles. The van der Waals surface area contributed by atoms with Gasteiger partial charge in [-0.1, -0.05) is 34.8 Å². The molecule has 0 spiro atoms. The molecule has 0 radical (unpaired) electrons. The Kier molecular flexibility index (Phi) is 5.66. The van der Waals surface area contributed by atoms with Crippen LogP contribution in [0.15, 0.2) is 12.1 Å². The number of anilines is 1. The van der Waals surface area contributed by atoms with E-state index in [0.29, 0.717) is 27.3 Å². The lowest BCUT2D eigenvalue weighted by molar-refractivity contribution is 0.0727. The zero-order valence-corrected chi connectivity index (χ0v) is 10.9. The molecule has 0 aliphatic rings. The van der Waals surface area contributed by atoms with E-state index in [1.807, 2.05) is 0 Å². The number of benzene rings is 1. The Balaban J connectivity index is 2.63. The fourth-order valence-electron chi connectivity index (χ4n) is 1.14. The zero-order chi connectivity index (χ0) is 12.1. The molecule has 0 heterocycles. The van der Waals surface area contributed by atoms with Gasteiger partial charge >= 0.3 is 0 Å². The third-order valence-electron chi connectivity index (χ3n) is 1.90. The molecule has 0 saturated heterocycles. The first-order valence-electron chi connectivity index (χ1n) is 4.60. The minimum absolute atomic E-state index is 0.256. The van der Waals surface area contributed by atoms with Gasteiger partial charge in [0.15, 0.2) is 0 Å². The third-order valence-corrected chi connectivity index (χ3v) is 2.93. The molecule has 1 aromatic rings. The predicted molar refractivity (Wildman–Crippen MR) is 67.8 cm³/mol. The van der Waals surface area contributed by atoms with Gasteiger partial charge in [-0.2, -0.15) is 0 Å². The van der Waals surface area contributed by atoms with Crippen molar-refractivity contribution in [2.24, 2.45) is 0 Å². The summed E-state index contributed by atoms with van der Waals surface area (Å²) in [6, 6.07) is 3.17. The quantitative estimate of drug-likeness (QED) is 0.817. The van der Waals surface area contributed by atoms with Gasteiger partial charge in [0.1, 0.15) is 0 Å². The summed E-state index contributed by atoms with van der Waals surface area (Å²) in [5, 5.41) is 13.7. The minimum Gasteiger partial charge on any atom is -0.389 e. The largest absolute Gasteiger partial charge is 0.389 e. The van der Waals surface area contributed by atoms with Crippen molar-refractivity contribution in [1.29, 1.82) is 0 Å². The molecule has 0 aromatic heterocycles. The fraction of sp³-hybridized carbons (Fsp3) is 0.400. The lowest BCUT2D eigenvalue weighted by Gasteiger charge is -2.13. The van der Waals surface area contributed by atoms with Crippen LogP contribution in [0.5, 0.6) is 0 Å². The number of hydrogen-bond acceptors (Lipinski definition) is 3. The second-order valence-corrected chi connectivity index (χ2v) is 4.46. The molecule has 0 bridgehead atoms. The highest BCUT2D eigenvalue weighted by atomic mass is 35.5. The van der Waals surface area contributed by atoms with Crippen molar-refractivity contribution < 1.29 is 9.84 Å². The minimum atomic E-state index is -0.601. The summed E-state index contributed by atoms with van der Waals surface area (Å²) < 4.78 is 4.79. The summed E-state index contributed by atoms with van der Waals surface area (Å²) in [6.07, 6.45) is -0.601. The van der Waals surface area contributed by atoms with E-state index in [4.69, 9.17) is 39.5 Å². The lowest BCUT2D eigenvalue weighted by atomic mass is 10.3. The van der Waals surface area contributed by atoms with E-state index in [1.165, 1.54) is 7.11 Å². The topological polar surface area (TPSA) is 41.5 Å². The van der Waals surface area contributed by atoms with Crippen LogP contribution in [0.2, 0.25) is 15.1 Å². The van der Waals surface area contributed by atoms with Crippen molar-refractivity contribution >= 4 is 40.5 Å². The molecule has 1 rings (SSSR count). The Morgan fingerprint density at radius 2 is 1.88 bits per heavy atom. The van der Waals surface area contributed by atoms with Crippen molar-refractivity contribution in [2.45, 2.75) is 6.10 Å². The van der Waals surface area contributed by atoms with Gasteiger partial charge in [-0.05, 0) is 12.1 Å². The van der Waals surface area contributed by atoms with Crippen molar-refractivity contribution in [1.82, 2.24) is 0 Å². The smallest absolute Gasteiger partial charge is 0.0945 e. The van der Waals surface area contributed by atoms with E-state index in [0.717, 1.165) is 0 Å². The second-order valence-electron chi connectivity index (χ2n) is 3.24. The van der Waals surface area contributed by atoms with E-state index in [2.05, 4.69) is 5.32 Å². The molecular weight excluding hydrogens is 272 g/mol. The zero-order valence-electron chi connectivity index (χ0n) is 8.64. The average molecular weight is 285 g/mol. The van der Waals surface area contributed by atoms with Crippen LogP contribution >= 0.6 is 34.8 Å². The number of aliphatic hydroxyl groups excluding tert-OH is 1. The molecule has 0 aliphatic heterocycles. The summed E-state index contributed by atoms with van der Waals surface area (Å²) >= 11 is 17.6. The third kappa shape index (κ3) is 4.00. The molecule has 0 saturated carbocycles. The van der Waals surface area contributed by atoms with Gasteiger partial charge in [0, 0.05) is 13.7 Å². The fourth-order valence-corrected chi connectivity index (χ4v) is 1.75. The van der Waals surface area contributed by atoms with E-state index in [9.17, 15) is 5.11 Å². The standard InChI is InChI=1S/C10H12Cl3NO2/c1-16-5-6(15)4-14-10-3-8(12)7(11)2-9(10)13/h2-3,6,14-15H,4-5H2,1H3. The van der Waals surface area contributed by atoms with E-state index >= 15 is 0 Å². The van der Waals surface area contributed by atoms with Crippen LogP contribution in [0, 0.1) is 0 Å². The Hall–Kier alpha value is -0.190. The monoisotopic (exact) mass is 283 g/mol. The summed E-state index contributed by atoms with van der Waals surface area (Å²) in [5.74, 6) is 0. The van der Waals surface area contributed by atoms with Crippen molar-refractivity contribution in [3.63, 3.8) is 0 Å². The second kappa shape index (κ2) is 6.52. The average Bonchev–Trinajstić information content (AvgIpc) is 2.22. The van der Waals surface area contributed by atoms with Crippen LogP contribution in [0.4, 0.5) is 5.69 Å². The summed E-state index contributed by atoms with van der Waals surface area (Å²) in [4.78, 5) is 0. The first-order chi connectivity index (χ1) is 7.54. The van der Waals surface area contributed by atoms with Crippen LogP contribution in [0.1, 0.15) is 0 Å². The number of halogens is 3. The first-order valence-corrected chi connectivity index (χ1v) is 5.73. The number of methoxy groups -OCH3 is 1. The molecule has 0 amide bonds. The summed E-state index contributed by atoms with van der Waals surface area (Å²) in [6.45, 7) is 0.581. The van der Waals surface area contributed by atoms with Crippen LogP contribution in [-0.2, 0) is 4.74 Å². The van der Waals surface area contributed by atoms with Crippen molar-refractivity contribution in [2.75, 3.05) is 25.6 Å². The maximum atomic E-state index is 9.44. The number of aliphatic hydroxyl groups is 1. The van der Waals surface area contributed by atoms with E-state index < -0.39 is 6.10 Å². The highest BCUT2D eigenvalue weighted by molar-refractivity contribution is 6.44. The van der Waals surface area contributed by atoms with Crippen LogP contribution in [-0.4, -0.2) is 31.5 Å². The highest BCUT2D eigenvalue weighted by Gasteiger charge is 2.08. The number of nitrogens with one attached hydrogen (secondary N) is 1. The summed E-state index contributed by atoms with van der Waals surface area (Å²) in [7, 11) is 1.52. The first kappa shape index (κ1) is 13.9. The Morgan fingerprint density at radius 1 is 1.25 bits per heavy atom. The number of ether oxygens (including phenoxy) is 1. The van der Waals surface area contributed by atoms with Gasteiger partial charge in [-0.25, -0.2) is 0 Å². The molecule has 2 N–H and O–H groups in total. The molecule has 1 aromatic carbocycles. The normalized spacial score (nSPS) is 12.6. The molecule has 1 unspecified atom stereocenters. The molecule has 16 heavy (non-hydrogen) atoms. The maximum Gasteiger partial charge on any atom is 0.0945 e. The summed E-state index contributed by atoms with van der Waals surface area (Å²) in [5.41, 5.74) is 0.631. The molecule has 0 fully saturated rings. The number of rotatable bonds is 5. The van der Waals surface area contributed by atoms with E-state index in [1.54, 1.807) is 12.1 Å². The highest BCUT2D eigenvalue weighted by Crippen LogP contribution is 2.32. The van der Waals surface area contributed by atoms with Gasteiger partial charge in [-0.3, -0.25) is 0 Å². The van der Waals surface area contributed by atoms with Crippen LogP contribution in [0.3, 0.4) is 0 Å². The van der Waals surface area contributed by atoms with Crippen molar-refractivity contribution in [3.05, 3.63) is 27.2 Å². The predicted octanol–water partition coefficient (Wildman–Crippen LogP) is 3.07. The maximum absolute atomic E-state index is 9.44. The molecule has 1 atom stereocenters. The van der Waals surface area contributed by atoms with Gasteiger partial charge in [0.25, 0.3) is 0 Å². The molecular formula is C10H12Cl3NO2. The van der Waals surface area contributed by atoms with Crippen molar-refractivity contribution in [3.8, 4) is 0 Å². The molecule has 6 heteroatoms. The molecule has 90 valence electrons. The van der Waals surface area contributed by atoms with Crippen LogP contribution < -0.4 is 5.32 Å². The SMILES string of the molecule is COCC(O)CNc1cc(Cl)c(Cl)cc1Cl. The van der Waals surface area contributed by atoms with E-state index in [-0.39, 0.29) is 6.61 Å². The van der Waals surface area contributed by atoms with Gasteiger partial charge < -0.3 is 15.2 Å². The Labute approximate surface area is 109 Å². The van der Waals surface area contributed by atoms with Crippen LogP contribution in [0.25, 0.3) is 0 Å².